The number of methoxy groups -OCH3 is 1. The topological polar surface area (TPSA) is 108 Å². The van der Waals surface area contributed by atoms with Gasteiger partial charge in [-0.25, -0.2) is 9.79 Å². The van der Waals surface area contributed by atoms with E-state index in [1.165, 1.54) is 11.3 Å². The maximum absolute atomic E-state index is 14.0. The predicted octanol–water partition coefficient (Wildman–Crippen LogP) is 4.59. The number of carbonyl (C=O) groups excluding carboxylic acids is 2. The number of fused-ring (bicyclic) bond motifs is 1. The van der Waals surface area contributed by atoms with Gasteiger partial charge in [-0.05, 0) is 83.4 Å². The lowest BCUT2D eigenvalue weighted by Crippen LogP contribution is -2.40. The molecule has 0 spiro atoms. The summed E-state index contributed by atoms with van der Waals surface area (Å²) in [6.07, 6.45) is 1.76. The summed E-state index contributed by atoms with van der Waals surface area (Å²) in [5.74, 6) is 0.260. The van der Waals surface area contributed by atoms with E-state index >= 15 is 0 Å². The van der Waals surface area contributed by atoms with E-state index in [0.29, 0.717) is 47.8 Å². The molecule has 1 amide bonds. The van der Waals surface area contributed by atoms with Gasteiger partial charge in [-0.3, -0.25) is 14.2 Å². The van der Waals surface area contributed by atoms with Crippen molar-refractivity contribution < 1.29 is 23.8 Å². The van der Waals surface area contributed by atoms with Gasteiger partial charge in [0.25, 0.3) is 11.5 Å². The zero-order valence-electron chi connectivity index (χ0n) is 23.6. The van der Waals surface area contributed by atoms with Gasteiger partial charge in [-0.15, -0.1) is 0 Å². The van der Waals surface area contributed by atoms with Crippen LogP contribution in [0.25, 0.3) is 6.08 Å². The first kappa shape index (κ1) is 30.0. The Kier molecular flexibility index (Phi) is 9.22. The minimum Gasteiger partial charge on any atom is -0.497 e. The maximum atomic E-state index is 14.0. The molecule has 0 fully saturated rings. The number of hydrogen-bond donors (Lipinski definition) is 1. The average molecular weight is 663 g/mol. The fourth-order valence-electron chi connectivity index (χ4n) is 4.67. The molecule has 1 aromatic heterocycles. The average Bonchev–Trinajstić information content (AvgIpc) is 3.30. The van der Waals surface area contributed by atoms with Crippen LogP contribution in [0.1, 0.15) is 31.0 Å². The largest absolute Gasteiger partial charge is 0.497 e. The molecule has 220 valence electrons. The van der Waals surface area contributed by atoms with Crippen molar-refractivity contribution in [1.82, 2.24) is 4.57 Å². The van der Waals surface area contributed by atoms with Gasteiger partial charge >= 0.3 is 5.97 Å². The first-order valence-corrected chi connectivity index (χ1v) is 15.0. The Labute approximate surface area is 259 Å². The summed E-state index contributed by atoms with van der Waals surface area (Å²) in [6, 6.07) is 21.0. The second-order valence-electron chi connectivity index (χ2n) is 9.46. The van der Waals surface area contributed by atoms with Crippen LogP contribution in [0, 0.1) is 0 Å². The molecule has 2 heterocycles. The molecular weight excluding hydrogens is 634 g/mol. The van der Waals surface area contributed by atoms with Crippen LogP contribution < -0.4 is 29.7 Å². The van der Waals surface area contributed by atoms with E-state index in [1.54, 1.807) is 61.9 Å². The third kappa shape index (κ3) is 6.63. The summed E-state index contributed by atoms with van der Waals surface area (Å²) in [4.78, 5) is 44.5. The molecule has 0 radical (unpaired) electrons. The minimum atomic E-state index is -0.734. The van der Waals surface area contributed by atoms with E-state index in [1.807, 2.05) is 42.5 Å². The lowest BCUT2D eigenvalue weighted by atomic mass is 9.95. The Bertz CT molecular complexity index is 1900. The number of halogens is 1. The van der Waals surface area contributed by atoms with E-state index in [-0.39, 0.29) is 24.7 Å². The summed E-state index contributed by atoms with van der Waals surface area (Å²) in [6.45, 7) is 3.56. The summed E-state index contributed by atoms with van der Waals surface area (Å²) in [5, 5.41) is 2.95. The highest BCUT2D eigenvalue weighted by Gasteiger charge is 2.32. The molecule has 0 bridgehead atoms. The molecule has 0 aliphatic carbocycles. The molecule has 0 saturated carbocycles. The van der Waals surface area contributed by atoms with Crippen molar-refractivity contribution in [3.63, 3.8) is 0 Å². The number of nitrogens with one attached hydrogen (secondary N) is 1. The maximum Gasteiger partial charge on any atom is 0.344 e. The number of allylic oxidation sites excluding steroid dienone is 1. The Morgan fingerprint density at radius 1 is 1.09 bits per heavy atom. The highest BCUT2D eigenvalue weighted by Crippen LogP contribution is 2.32. The first-order valence-electron chi connectivity index (χ1n) is 13.4. The Balaban J connectivity index is 1.56. The van der Waals surface area contributed by atoms with Gasteiger partial charge in [0.2, 0.25) is 0 Å². The van der Waals surface area contributed by atoms with Crippen LogP contribution in [-0.4, -0.2) is 36.8 Å². The Morgan fingerprint density at radius 3 is 2.60 bits per heavy atom. The monoisotopic (exact) mass is 661 g/mol. The fraction of sp³-hybridized carbons (Fsp3) is 0.188. The summed E-state index contributed by atoms with van der Waals surface area (Å²) < 4.78 is 18.5. The van der Waals surface area contributed by atoms with E-state index in [0.717, 1.165) is 5.56 Å². The number of nitrogens with zero attached hydrogens (tertiary/aromatic N) is 2. The van der Waals surface area contributed by atoms with Crippen molar-refractivity contribution in [1.29, 1.82) is 0 Å². The third-order valence-corrected chi connectivity index (χ3v) is 8.21. The van der Waals surface area contributed by atoms with E-state index in [2.05, 4.69) is 21.2 Å². The minimum absolute atomic E-state index is 0.214. The molecule has 11 heteroatoms. The van der Waals surface area contributed by atoms with Gasteiger partial charge in [-0.2, -0.15) is 0 Å². The van der Waals surface area contributed by atoms with Crippen molar-refractivity contribution >= 4 is 50.9 Å². The van der Waals surface area contributed by atoms with E-state index in [9.17, 15) is 14.4 Å². The second-order valence-corrected chi connectivity index (χ2v) is 11.3. The lowest BCUT2D eigenvalue weighted by Gasteiger charge is -2.25. The molecular formula is C32H28BrN3O6S. The number of esters is 1. The van der Waals surface area contributed by atoms with Gasteiger partial charge in [0.1, 0.15) is 11.5 Å². The molecule has 0 saturated heterocycles. The fourth-order valence-corrected chi connectivity index (χ4v) is 6.23. The second kappa shape index (κ2) is 13.2. The van der Waals surface area contributed by atoms with Crippen molar-refractivity contribution in [2.24, 2.45) is 4.99 Å². The first-order chi connectivity index (χ1) is 20.8. The van der Waals surface area contributed by atoms with Gasteiger partial charge in [0, 0.05) is 5.69 Å². The summed E-state index contributed by atoms with van der Waals surface area (Å²) in [7, 11) is 1.57. The number of ether oxygens (including phenoxy) is 3. The van der Waals surface area contributed by atoms with Crippen LogP contribution in [-0.2, 0) is 14.3 Å². The zero-order valence-corrected chi connectivity index (χ0v) is 26.0. The molecule has 1 aliphatic rings. The number of rotatable bonds is 9. The molecule has 9 nitrogen and oxygen atoms in total. The molecule has 4 aromatic rings. The normalized spacial score (nSPS) is 14.5. The van der Waals surface area contributed by atoms with Crippen LogP contribution >= 0.6 is 27.3 Å². The van der Waals surface area contributed by atoms with Crippen molar-refractivity contribution in [2.75, 3.05) is 25.6 Å². The van der Waals surface area contributed by atoms with Crippen LogP contribution in [0.3, 0.4) is 0 Å². The van der Waals surface area contributed by atoms with Crippen molar-refractivity contribution in [3.8, 4) is 11.5 Å². The van der Waals surface area contributed by atoms with Gasteiger partial charge in [0.15, 0.2) is 11.4 Å². The molecule has 43 heavy (non-hydrogen) atoms. The number of anilines is 1. The molecule has 3 aromatic carbocycles. The van der Waals surface area contributed by atoms with Gasteiger partial charge in [-0.1, -0.05) is 47.7 Å². The van der Waals surface area contributed by atoms with Crippen LogP contribution in [0.15, 0.2) is 98.3 Å². The Morgan fingerprint density at radius 2 is 1.88 bits per heavy atom. The summed E-state index contributed by atoms with van der Waals surface area (Å²) in [5.41, 5.74) is 2.67. The highest BCUT2D eigenvalue weighted by molar-refractivity contribution is 9.10. The van der Waals surface area contributed by atoms with Crippen LogP contribution in [0.2, 0.25) is 0 Å². The number of amides is 1. The van der Waals surface area contributed by atoms with Crippen LogP contribution in [0.5, 0.6) is 11.5 Å². The zero-order chi connectivity index (χ0) is 30.5. The number of carbonyl (C=O) groups is 2. The van der Waals surface area contributed by atoms with Crippen molar-refractivity contribution in [2.45, 2.75) is 19.9 Å². The van der Waals surface area contributed by atoms with Gasteiger partial charge < -0.3 is 19.5 Å². The summed E-state index contributed by atoms with van der Waals surface area (Å²) >= 11 is 4.72. The van der Waals surface area contributed by atoms with Crippen LogP contribution in [0.4, 0.5) is 5.69 Å². The standard InChI is InChI=1S/C32H28BrN3O6S/c1-4-41-27(37)18-42-25-14-13-20(15-24(25)33)16-26-31(39)36-29(21-9-8-12-23(17-21)40-3)28(19(2)34-32(36)43-26)30(38)35-22-10-6-5-7-11-22/h5-17,29H,4,18H2,1-3H3,(H,35,38)/b26-16-/t29-/m1/s1. The van der Waals surface area contributed by atoms with E-state index < -0.39 is 12.0 Å². The Hall–Kier alpha value is -4.48. The highest BCUT2D eigenvalue weighted by atomic mass is 79.9. The number of thiazole rings is 1. The predicted molar refractivity (Wildman–Crippen MR) is 168 cm³/mol. The molecule has 1 atom stereocenters. The number of para-hydroxylation sites is 1. The molecule has 0 unspecified atom stereocenters. The lowest BCUT2D eigenvalue weighted by molar-refractivity contribution is -0.145. The SMILES string of the molecule is CCOC(=O)COc1ccc(/C=c2\sc3n(c2=O)[C@H](c2cccc(OC)c2)C(C(=O)Nc2ccccc2)=C(C)N=3)cc1Br. The molecule has 1 aliphatic heterocycles. The number of benzene rings is 3. The number of aromatic nitrogens is 1. The van der Waals surface area contributed by atoms with E-state index in [4.69, 9.17) is 19.2 Å². The smallest absolute Gasteiger partial charge is 0.344 e. The molecule has 1 N–H and O–H groups in total. The molecule has 5 rings (SSSR count). The number of hydrogen-bond acceptors (Lipinski definition) is 8. The van der Waals surface area contributed by atoms with Crippen molar-refractivity contribution in [3.05, 3.63) is 119 Å². The third-order valence-electron chi connectivity index (χ3n) is 6.61. The van der Waals surface area contributed by atoms with Gasteiger partial charge in [0.05, 0.1) is 40.0 Å². The quantitative estimate of drug-likeness (QED) is 0.263.